The summed E-state index contributed by atoms with van der Waals surface area (Å²) >= 11 is 0. The van der Waals surface area contributed by atoms with Gasteiger partial charge in [-0.1, -0.05) is 0 Å². The lowest BCUT2D eigenvalue weighted by atomic mass is 9.93. The molecule has 0 saturated carbocycles. The number of anilines is 1. The summed E-state index contributed by atoms with van der Waals surface area (Å²) in [5.74, 6) is 1.89. The summed E-state index contributed by atoms with van der Waals surface area (Å²) in [6.07, 6.45) is 7.85. The highest BCUT2D eigenvalue weighted by Gasteiger charge is 2.23. The van der Waals surface area contributed by atoms with Gasteiger partial charge in [0.1, 0.15) is 5.82 Å². The number of rotatable bonds is 5. The van der Waals surface area contributed by atoms with Gasteiger partial charge in [0.2, 0.25) is 5.91 Å². The van der Waals surface area contributed by atoms with Gasteiger partial charge in [-0.05, 0) is 63.2 Å². The molecule has 6 heteroatoms. The lowest BCUT2D eigenvalue weighted by molar-refractivity contribution is -0.132. The molecule has 0 radical (unpaired) electrons. The van der Waals surface area contributed by atoms with Gasteiger partial charge in [-0.3, -0.25) is 4.79 Å². The van der Waals surface area contributed by atoms with E-state index >= 15 is 0 Å². The van der Waals surface area contributed by atoms with E-state index in [1.54, 1.807) is 6.20 Å². The molecule has 0 unspecified atom stereocenters. The van der Waals surface area contributed by atoms with Crippen LogP contribution in [0.5, 0.6) is 0 Å². The van der Waals surface area contributed by atoms with Crippen molar-refractivity contribution in [2.45, 2.75) is 44.6 Å². The van der Waals surface area contributed by atoms with Crippen LogP contribution in [0.2, 0.25) is 0 Å². The van der Waals surface area contributed by atoms with E-state index in [9.17, 15) is 4.79 Å². The zero-order valence-electron chi connectivity index (χ0n) is 13.7. The molecule has 6 nitrogen and oxygen atoms in total. The van der Waals surface area contributed by atoms with Crippen LogP contribution in [-0.4, -0.2) is 53.2 Å². The number of nitrogens with one attached hydrogen (secondary N) is 2. The largest absolute Gasteiger partial charge is 0.366 e. The molecule has 1 aromatic heterocycles. The number of nitrogens with zero attached hydrogens (tertiary/aromatic N) is 3. The van der Waals surface area contributed by atoms with E-state index in [1.165, 1.54) is 12.8 Å². The summed E-state index contributed by atoms with van der Waals surface area (Å²) in [6.45, 7) is 3.92. The lowest BCUT2D eigenvalue weighted by Crippen LogP contribution is -2.42. The van der Waals surface area contributed by atoms with E-state index in [1.807, 2.05) is 17.0 Å². The van der Waals surface area contributed by atoms with Gasteiger partial charge in [-0.2, -0.15) is 5.10 Å². The number of hydrogen-bond acceptors (Lipinski definition) is 5. The second-order valence-electron chi connectivity index (χ2n) is 6.64. The molecular formula is C17H27N5O. The first-order chi connectivity index (χ1) is 11.3. The van der Waals surface area contributed by atoms with Gasteiger partial charge < -0.3 is 15.5 Å². The van der Waals surface area contributed by atoms with Crippen LogP contribution in [0.25, 0.3) is 0 Å². The molecule has 3 rings (SSSR count). The van der Waals surface area contributed by atoms with Crippen molar-refractivity contribution in [1.82, 2.24) is 20.4 Å². The Balaban J connectivity index is 1.37. The maximum absolute atomic E-state index is 12.4. The van der Waals surface area contributed by atoms with Crippen LogP contribution in [0.15, 0.2) is 18.3 Å². The van der Waals surface area contributed by atoms with Gasteiger partial charge in [0, 0.05) is 31.7 Å². The van der Waals surface area contributed by atoms with E-state index in [-0.39, 0.29) is 0 Å². The van der Waals surface area contributed by atoms with E-state index in [0.717, 1.165) is 57.2 Å². The first-order valence-corrected chi connectivity index (χ1v) is 8.84. The molecular weight excluding hydrogens is 290 g/mol. The van der Waals surface area contributed by atoms with Crippen molar-refractivity contribution in [2.75, 3.05) is 31.5 Å². The van der Waals surface area contributed by atoms with Crippen molar-refractivity contribution in [1.29, 1.82) is 0 Å². The number of piperidine rings is 2. The molecule has 0 bridgehead atoms. The van der Waals surface area contributed by atoms with Crippen molar-refractivity contribution in [3.05, 3.63) is 18.3 Å². The molecule has 2 aliphatic rings. The molecule has 2 N–H and O–H groups in total. The highest BCUT2D eigenvalue weighted by molar-refractivity contribution is 5.76. The summed E-state index contributed by atoms with van der Waals surface area (Å²) in [4.78, 5) is 14.4. The van der Waals surface area contributed by atoms with Gasteiger partial charge in [0.25, 0.3) is 0 Å². The standard InChI is InChI=1S/C17H27N5O/c23-17(4-3-14-5-10-18-11-6-14)22-12-7-15(8-13-22)20-16-2-1-9-19-21-16/h1-2,9,14-15,18H,3-8,10-13H2,(H,20,21). The molecule has 2 saturated heterocycles. The van der Waals surface area contributed by atoms with E-state index in [2.05, 4.69) is 20.8 Å². The Kier molecular flexibility index (Phi) is 5.80. The first kappa shape index (κ1) is 16.2. The van der Waals surface area contributed by atoms with E-state index < -0.39 is 0 Å². The Morgan fingerprint density at radius 2 is 2.04 bits per heavy atom. The molecule has 1 amide bonds. The molecule has 0 spiro atoms. The summed E-state index contributed by atoms with van der Waals surface area (Å²) in [6, 6.07) is 4.21. The van der Waals surface area contributed by atoms with Crippen LogP contribution in [0.4, 0.5) is 5.82 Å². The third kappa shape index (κ3) is 4.89. The van der Waals surface area contributed by atoms with Crippen LogP contribution in [0, 0.1) is 5.92 Å². The van der Waals surface area contributed by atoms with Crippen LogP contribution < -0.4 is 10.6 Å². The summed E-state index contributed by atoms with van der Waals surface area (Å²) in [5, 5.41) is 14.7. The zero-order valence-corrected chi connectivity index (χ0v) is 13.7. The third-order valence-corrected chi connectivity index (χ3v) is 5.00. The summed E-state index contributed by atoms with van der Waals surface area (Å²) < 4.78 is 0. The average molecular weight is 317 g/mol. The normalized spacial score (nSPS) is 20.4. The van der Waals surface area contributed by atoms with Gasteiger partial charge >= 0.3 is 0 Å². The van der Waals surface area contributed by atoms with E-state index in [0.29, 0.717) is 18.4 Å². The minimum Gasteiger partial charge on any atom is -0.366 e. The van der Waals surface area contributed by atoms with E-state index in [4.69, 9.17) is 0 Å². The van der Waals surface area contributed by atoms with Crippen molar-refractivity contribution < 1.29 is 4.79 Å². The number of aromatic nitrogens is 2. The molecule has 3 heterocycles. The fraction of sp³-hybridized carbons (Fsp3) is 0.706. The molecule has 0 aromatic carbocycles. The van der Waals surface area contributed by atoms with Crippen LogP contribution >= 0.6 is 0 Å². The smallest absolute Gasteiger partial charge is 0.222 e. The molecule has 0 aliphatic carbocycles. The topological polar surface area (TPSA) is 70.2 Å². The molecule has 0 atom stereocenters. The van der Waals surface area contributed by atoms with Crippen LogP contribution in [0.1, 0.15) is 38.5 Å². The zero-order chi connectivity index (χ0) is 15.9. The third-order valence-electron chi connectivity index (χ3n) is 5.00. The highest BCUT2D eigenvalue weighted by Crippen LogP contribution is 2.20. The minimum atomic E-state index is 0.335. The SMILES string of the molecule is O=C(CCC1CCNCC1)N1CCC(Nc2cccnn2)CC1. The molecule has 126 valence electrons. The Morgan fingerprint density at radius 1 is 1.26 bits per heavy atom. The van der Waals surface area contributed by atoms with Crippen LogP contribution in [-0.2, 0) is 4.79 Å². The van der Waals surface area contributed by atoms with Gasteiger partial charge in [-0.25, -0.2) is 0 Å². The number of carbonyl (C=O) groups excluding carboxylic acids is 1. The average Bonchev–Trinajstić information content (AvgIpc) is 2.62. The van der Waals surface area contributed by atoms with Gasteiger partial charge in [-0.15, -0.1) is 5.10 Å². The maximum Gasteiger partial charge on any atom is 0.222 e. The second kappa shape index (κ2) is 8.24. The Morgan fingerprint density at radius 3 is 2.74 bits per heavy atom. The number of carbonyl (C=O) groups is 1. The molecule has 1 aromatic rings. The predicted octanol–water partition coefficient (Wildman–Crippen LogP) is 1.66. The fourth-order valence-corrected chi connectivity index (χ4v) is 3.52. The molecule has 23 heavy (non-hydrogen) atoms. The van der Waals surface area contributed by atoms with Crippen molar-refractivity contribution in [2.24, 2.45) is 5.92 Å². The van der Waals surface area contributed by atoms with Crippen molar-refractivity contribution in [3.8, 4) is 0 Å². The van der Waals surface area contributed by atoms with Crippen molar-refractivity contribution >= 4 is 11.7 Å². The number of amides is 1. The molecule has 2 fully saturated rings. The Hall–Kier alpha value is -1.69. The minimum absolute atomic E-state index is 0.335. The number of hydrogen-bond donors (Lipinski definition) is 2. The number of likely N-dealkylation sites (tertiary alicyclic amines) is 1. The van der Waals surface area contributed by atoms with Crippen molar-refractivity contribution in [3.63, 3.8) is 0 Å². The van der Waals surface area contributed by atoms with Gasteiger partial charge in [0.15, 0.2) is 0 Å². The Bertz CT molecular complexity index is 481. The predicted molar refractivity (Wildman–Crippen MR) is 90.1 cm³/mol. The highest BCUT2D eigenvalue weighted by atomic mass is 16.2. The van der Waals surface area contributed by atoms with Crippen LogP contribution in [0.3, 0.4) is 0 Å². The second-order valence-corrected chi connectivity index (χ2v) is 6.64. The Labute approximate surface area is 138 Å². The van der Waals surface area contributed by atoms with Gasteiger partial charge in [0.05, 0.1) is 0 Å². The summed E-state index contributed by atoms with van der Waals surface area (Å²) in [5.41, 5.74) is 0. The monoisotopic (exact) mass is 317 g/mol. The quantitative estimate of drug-likeness (QED) is 0.864. The first-order valence-electron chi connectivity index (χ1n) is 8.84. The fourth-order valence-electron chi connectivity index (χ4n) is 3.52. The lowest BCUT2D eigenvalue weighted by Gasteiger charge is -2.33. The molecule has 2 aliphatic heterocycles. The maximum atomic E-state index is 12.4. The summed E-state index contributed by atoms with van der Waals surface area (Å²) in [7, 11) is 0.